The molecule has 0 radical (unpaired) electrons. The lowest BCUT2D eigenvalue weighted by Crippen LogP contribution is -2.28. The van der Waals surface area contributed by atoms with E-state index in [9.17, 15) is 26.4 Å². The van der Waals surface area contributed by atoms with Gasteiger partial charge >= 0.3 is 0 Å². The van der Waals surface area contributed by atoms with Gasteiger partial charge in [0.1, 0.15) is 0 Å². The monoisotopic (exact) mass is 468 g/mol. The maximum absolute atomic E-state index is 12.8. The second-order valence-electron chi connectivity index (χ2n) is 6.89. The Balaban J connectivity index is 2.37. The van der Waals surface area contributed by atoms with Crippen LogP contribution in [0, 0.1) is 0 Å². The van der Waals surface area contributed by atoms with Crippen LogP contribution >= 0.6 is 0 Å². The largest absolute Gasteiger partial charge is 0.348 e. The predicted octanol–water partition coefficient (Wildman–Crippen LogP) is 1.20. The van der Waals surface area contributed by atoms with Crippen LogP contribution in [-0.4, -0.2) is 53.3 Å². The van der Waals surface area contributed by atoms with Gasteiger partial charge in [0.05, 0.1) is 22.4 Å². The van der Waals surface area contributed by atoms with Crippen LogP contribution < -0.4 is 15.4 Å². The standard InChI is InChI=1S/C19H24N4O6S2/c1-13(24)21-15-9-10-17(22-30(4,26)27)16(11-15)19(25)20-12-14-7-5-6-8-18(14)31(28,29)23(2)3/h5-11,22H,12H2,1-4H3,(H,20,25)(H,21,24). The van der Waals surface area contributed by atoms with Crippen molar-refractivity contribution in [2.24, 2.45) is 0 Å². The SMILES string of the molecule is CC(=O)Nc1ccc(NS(C)(=O)=O)c(C(=O)NCc2ccccc2S(=O)(=O)N(C)C)c1. The molecule has 3 N–H and O–H groups in total. The topological polar surface area (TPSA) is 142 Å². The molecule has 168 valence electrons. The van der Waals surface area contributed by atoms with E-state index in [2.05, 4.69) is 15.4 Å². The number of sulfonamides is 2. The van der Waals surface area contributed by atoms with Crippen molar-refractivity contribution in [2.75, 3.05) is 30.4 Å². The van der Waals surface area contributed by atoms with E-state index >= 15 is 0 Å². The van der Waals surface area contributed by atoms with Gasteiger partial charge in [-0.2, -0.15) is 0 Å². The highest BCUT2D eigenvalue weighted by atomic mass is 32.2. The molecule has 2 rings (SSSR count). The van der Waals surface area contributed by atoms with Crippen molar-refractivity contribution in [1.82, 2.24) is 9.62 Å². The number of nitrogens with zero attached hydrogens (tertiary/aromatic N) is 1. The number of nitrogens with one attached hydrogen (secondary N) is 3. The summed E-state index contributed by atoms with van der Waals surface area (Å²) < 4.78 is 51.7. The molecule has 0 saturated carbocycles. The van der Waals surface area contributed by atoms with Crippen molar-refractivity contribution in [2.45, 2.75) is 18.4 Å². The van der Waals surface area contributed by atoms with E-state index in [1.54, 1.807) is 18.2 Å². The molecule has 0 heterocycles. The summed E-state index contributed by atoms with van der Waals surface area (Å²) >= 11 is 0. The lowest BCUT2D eigenvalue weighted by atomic mass is 10.1. The van der Waals surface area contributed by atoms with Crippen LogP contribution in [0.25, 0.3) is 0 Å². The molecule has 0 aromatic heterocycles. The highest BCUT2D eigenvalue weighted by molar-refractivity contribution is 7.92. The van der Waals surface area contributed by atoms with E-state index in [0.29, 0.717) is 11.3 Å². The highest BCUT2D eigenvalue weighted by Crippen LogP contribution is 2.23. The zero-order valence-corrected chi connectivity index (χ0v) is 19.1. The van der Waals surface area contributed by atoms with Gasteiger partial charge in [-0.05, 0) is 29.8 Å². The Bertz CT molecular complexity index is 1210. The van der Waals surface area contributed by atoms with Crippen LogP contribution in [0.2, 0.25) is 0 Å². The van der Waals surface area contributed by atoms with Gasteiger partial charge in [0.15, 0.2) is 0 Å². The molecule has 0 fully saturated rings. The first kappa shape index (κ1) is 24.3. The number of amides is 2. The van der Waals surface area contributed by atoms with E-state index in [1.165, 1.54) is 45.3 Å². The van der Waals surface area contributed by atoms with Gasteiger partial charge in [-0.15, -0.1) is 0 Å². The van der Waals surface area contributed by atoms with Crippen molar-refractivity contribution in [3.63, 3.8) is 0 Å². The quantitative estimate of drug-likeness (QED) is 0.531. The van der Waals surface area contributed by atoms with Crippen molar-refractivity contribution in [3.8, 4) is 0 Å². The Labute approximate surface area is 181 Å². The summed E-state index contributed by atoms with van der Waals surface area (Å²) in [7, 11) is -4.60. The Morgan fingerprint density at radius 2 is 1.65 bits per heavy atom. The Kier molecular flexibility index (Phi) is 7.41. The second kappa shape index (κ2) is 9.45. The fraction of sp³-hybridized carbons (Fsp3) is 0.263. The van der Waals surface area contributed by atoms with Crippen LogP contribution in [0.1, 0.15) is 22.8 Å². The first-order chi connectivity index (χ1) is 14.3. The summed E-state index contributed by atoms with van der Waals surface area (Å²) in [5, 5.41) is 5.13. The van der Waals surface area contributed by atoms with Crippen LogP contribution in [-0.2, 0) is 31.4 Å². The van der Waals surface area contributed by atoms with E-state index in [0.717, 1.165) is 10.6 Å². The fourth-order valence-corrected chi connectivity index (χ4v) is 4.36. The summed E-state index contributed by atoms with van der Waals surface area (Å²) in [6.07, 6.45) is 0.943. The number of anilines is 2. The molecule has 0 bridgehead atoms. The number of benzene rings is 2. The van der Waals surface area contributed by atoms with Crippen LogP contribution in [0.15, 0.2) is 47.4 Å². The second-order valence-corrected chi connectivity index (χ2v) is 10.8. The van der Waals surface area contributed by atoms with Gasteiger partial charge in [0, 0.05) is 33.3 Å². The summed E-state index contributed by atoms with van der Waals surface area (Å²) in [6.45, 7) is 1.18. The summed E-state index contributed by atoms with van der Waals surface area (Å²) in [6, 6.07) is 10.4. The molecule has 0 spiro atoms. The van der Waals surface area contributed by atoms with Crippen molar-refractivity contribution in [3.05, 3.63) is 53.6 Å². The lowest BCUT2D eigenvalue weighted by Gasteiger charge is -2.16. The maximum Gasteiger partial charge on any atom is 0.253 e. The molecular formula is C19H24N4O6S2. The van der Waals surface area contributed by atoms with Crippen molar-refractivity contribution < 1.29 is 26.4 Å². The van der Waals surface area contributed by atoms with E-state index in [4.69, 9.17) is 0 Å². The average molecular weight is 469 g/mol. The third-order valence-electron chi connectivity index (χ3n) is 4.05. The first-order valence-electron chi connectivity index (χ1n) is 8.99. The van der Waals surface area contributed by atoms with Gasteiger partial charge in [0.25, 0.3) is 5.91 Å². The minimum absolute atomic E-state index is 0.0169. The molecule has 0 aliphatic carbocycles. The molecule has 0 unspecified atom stereocenters. The minimum atomic E-state index is -3.73. The summed E-state index contributed by atoms with van der Waals surface area (Å²) in [5.41, 5.74) is 0.639. The zero-order valence-electron chi connectivity index (χ0n) is 17.5. The molecule has 10 nitrogen and oxygen atoms in total. The van der Waals surface area contributed by atoms with Crippen LogP contribution in [0.4, 0.5) is 11.4 Å². The van der Waals surface area contributed by atoms with Crippen molar-refractivity contribution >= 4 is 43.2 Å². The Morgan fingerprint density at radius 3 is 2.23 bits per heavy atom. The van der Waals surface area contributed by atoms with Gasteiger partial charge in [-0.25, -0.2) is 21.1 Å². The first-order valence-corrected chi connectivity index (χ1v) is 12.3. The summed E-state index contributed by atoms with van der Waals surface area (Å²) in [4.78, 5) is 24.2. The number of carbonyl (C=O) groups is 2. The zero-order chi connectivity index (χ0) is 23.4. The number of hydrogen-bond acceptors (Lipinski definition) is 6. The molecule has 2 amide bonds. The molecule has 0 aliphatic heterocycles. The molecule has 12 heteroatoms. The predicted molar refractivity (Wildman–Crippen MR) is 118 cm³/mol. The smallest absolute Gasteiger partial charge is 0.253 e. The number of carbonyl (C=O) groups excluding carboxylic acids is 2. The normalized spacial score (nSPS) is 11.8. The molecular weight excluding hydrogens is 444 g/mol. The van der Waals surface area contributed by atoms with Gasteiger partial charge in [-0.3, -0.25) is 14.3 Å². The molecule has 31 heavy (non-hydrogen) atoms. The van der Waals surface area contributed by atoms with E-state index in [-0.39, 0.29) is 28.6 Å². The highest BCUT2D eigenvalue weighted by Gasteiger charge is 2.22. The van der Waals surface area contributed by atoms with Crippen LogP contribution in [0.3, 0.4) is 0 Å². The van der Waals surface area contributed by atoms with Gasteiger partial charge in [0.2, 0.25) is 26.0 Å². The molecule has 0 atom stereocenters. The minimum Gasteiger partial charge on any atom is -0.348 e. The van der Waals surface area contributed by atoms with E-state index < -0.39 is 26.0 Å². The fourth-order valence-electron chi connectivity index (χ4n) is 2.67. The molecule has 2 aromatic carbocycles. The Morgan fingerprint density at radius 1 is 1.00 bits per heavy atom. The molecule has 0 aliphatic rings. The Hall–Kier alpha value is -2.96. The number of rotatable bonds is 8. The van der Waals surface area contributed by atoms with Crippen LogP contribution in [0.5, 0.6) is 0 Å². The summed E-state index contributed by atoms with van der Waals surface area (Å²) in [5.74, 6) is -1.02. The van der Waals surface area contributed by atoms with Crippen molar-refractivity contribution in [1.29, 1.82) is 0 Å². The molecule has 0 saturated heterocycles. The van der Waals surface area contributed by atoms with E-state index in [1.807, 2.05) is 0 Å². The van der Waals surface area contributed by atoms with Gasteiger partial charge < -0.3 is 10.6 Å². The third kappa shape index (κ3) is 6.51. The maximum atomic E-state index is 12.8. The lowest BCUT2D eigenvalue weighted by molar-refractivity contribution is -0.114. The third-order valence-corrected chi connectivity index (χ3v) is 6.56. The van der Waals surface area contributed by atoms with Gasteiger partial charge in [-0.1, -0.05) is 18.2 Å². The number of hydrogen-bond donors (Lipinski definition) is 3. The average Bonchev–Trinajstić information content (AvgIpc) is 2.65. The molecule has 2 aromatic rings.